The van der Waals surface area contributed by atoms with Gasteiger partial charge in [0, 0.05) is 73.3 Å². The Kier molecular flexibility index (Phi) is 8.71. The van der Waals surface area contributed by atoms with Gasteiger partial charge in [0.2, 0.25) is 11.7 Å². The van der Waals surface area contributed by atoms with Gasteiger partial charge in [-0.1, -0.05) is 29.3 Å². The van der Waals surface area contributed by atoms with Crippen molar-refractivity contribution in [3.63, 3.8) is 0 Å². The summed E-state index contributed by atoms with van der Waals surface area (Å²) in [6.07, 6.45) is 4.96. The van der Waals surface area contributed by atoms with Gasteiger partial charge in [-0.2, -0.15) is 0 Å². The van der Waals surface area contributed by atoms with Gasteiger partial charge in [0.25, 0.3) is 0 Å². The smallest absolute Gasteiger partial charge is 0.331 e. The Morgan fingerprint density at radius 3 is 2.17 bits per heavy atom. The van der Waals surface area contributed by atoms with Gasteiger partial charge in [0.05, 0.1) is 24.5 Å². The fraction of sp³-hybridized carbons (Fsp3) is 0.324. The van der Waals surface area contributed by atoms with Crippen LogP contribution in [0.5, 0.6) is 5.75 Å². The normalized spacial score (nSPS) is 21.6. The van der Waals surface area contributed by atoms with E-state index in [0.29, 0.717) is 35.4 Å². The summed E-state index contributed by atoms with van der Waals surface area (Å²) in [6, 6.07) is 20.9. The first-order valence-electron chi connectivity index (χ1n) is 15.4. The summed E-state index contributed by atoms with van der Waals surface area (Å²) in [6.45, 7) is 4.55. The molecule has 1 aromatic heterocycles. The van der Waals surface area contributed by atoms with Crippen molar-refractivity contribution in [1.82, 2.24) is 14.5 Å². The predicted octanol–water partition coefficient (Wildman–Crippen LogP) is 5.26. The fourth-order valence-corrected chi connectivity index (χ4v) is 6.73. The number of hydrogen-bond acceptors (Lipinski definition) is 8. The van der Waals surface area contributed by atoms with E-state index < -0.39 is 5.79 Å². The van der Waals surface area contributed by atoms with Gasteiger partial charge in [-0.15, -0.1) is 0 Å². The van der Waals surface area contributed by atoms with Crippen LogP contribution in [0.2, 0.25) is 10.0 Å². The van der Waals surface area contributed by atoms with Crippen molar-refractivity contribution in [3.8, 4) is 5.75 Å². The minimum Gasteiger partial charge on any atom is -0.491 e. The average molecular weight is 678 g/mol. The number of amides is 3. The molecule has 4 heterocycles. The Hall–Kier alpha value is -4.29. The summed E-state index contributed by atoms with van der Waals surface area (Å²) in [5, 5.41) is 1.01. The molecule has 7 rings (SSSR count). The number of nitrogens with zero attached hydrogens (tertiary/aromatic N) is 6. The largest absolute Gasteiger partial charge is 0.491 e. The first-order chi connectivity index (χ1) is 22.8. The molecule has 4 aromatic rings. The second kappa shape index (κ2) is 13.1. The van der Waals surface area contributed by atoms with Crippen LogP contribution in [-0.4, -0.2) is 85.5 Å². The van der Waals surface area contributed by atoms with Crippen molar-refractivity contribution >= 4 is 52.2 Å². The lowest BCUT2D eigenvalue weighted by Gasteiger charge is -2.37. The minimum atomic E-state index is -1.10. The number of hydrogen-bond donors (Lipinski definition) is 0. The van der Waals surface area contributed by atoms with Crippen LogP contribution in [0.3, 0.4) is 0 Å². The summed E-state index contributed by atoms with van der Waals surface area (Å²) < 4.78 is 20.8. The molecule has 2 unspecified atom stereocenters. The molecule has 11 nitrogen and oxygen atoms in total. The quantitative estimate of drug-likeness (QED) is 0.222. The third-order valence-electron chi connectivity index (χ3n) is 8.78. The molecular formula is C34H34Cl2N6O5. The monoisotopic (exact) mass is 676 g/mol. The van der Waals surface area contributed by atoms with E-state index in [-0.39, 0.29) is 24.6 Å². The van der Waals surface area contributed by atoms with Crippen molar-refractivity contribution in [3.05, 3.63) is 101 Å². The highest BCUT2D eigenvalue weighted by Crippen LogP contribution is 2.40. The highest BCUT2D eigenvalue weighted by atomic mass is 35.5. The van der Waals surface area contributed by atoms with Gasteiger partial charge < -0.3 is 28.6 Å². The third-order valence-corrected chi connectivity index (χ3v) is 9.33. The Morgan fingerprint density at radius 2 is 1.57 bits per heavy atom. The van der Waals surface area contributed by atoms with Crippen molar-refractivity contribution in [2.24, 2.45) is 0 Å². The summed E-state index contributed by atoms with van der Waals surface area (Å²) in [5.41, 5.74) is 3.65. The number of carbonyl (C=O) groups is 2. The van der Waals surface area contributed by atoms with Crippen molar-refractivity contribution in [2.75, 3.05) is 67.7 Å². The first-order valence-corrected chi connectivity index (χ1v) is 16.2. The van der Waals surface area contributed by atoms with Crippen LogP contribution in [0.15, 0.2) is 85.5 Å². The molecular weight excluding hydrogens is 643 g/mol. The number of likely N-dealkylation sites (N-methyl/N-ethyl adjacent to an activating group) is 1. The molecule has 2 atom stereocenters. The van der Waals surface area contributed by atoms with E-state index >= 15 is 0 Å². The lowest BCUT2D eigenvalue weighted by Crippen LogP contribution is -2.46. The number of piperazine rings is 1. The van der Waals surface area contributed by atoms with E-state index in [1.807, 2.05) is 53.2 Å². The van der Waals surface area contributed by atoms with Crippen LogP contribution in [-0.2, 0) is 26.6 Å². The van der Waals surface area contributed by atoms with E-state index in [1.54, 1.807) is 24.7 Å². The Labute approximate surface area is 282 Å². The number of urea groups is 1. The lowest BCUT2D eigenvalue weighted by molar-refractivity contribution is -0.189. The van der Waals surface area contributed by atoms with Crippen LogP contribution in [0.25, 0.3) is 0 Å². The fourth-order valence-electron chi connectivity index (χ4n) is 6.18. The molecule has 3 aliphatic heterocycles. The van der Waals surface area contributed by atoms with Gasteiger partial charge in [0.1, 0.15) is 25.0 Å². The standard InChI is InChI=1S/C34H34Cl2N6O5/c1-38-32(43)19-42(33(38)44)27-5-3-25(4-6-27)40-14-16-41(17-15-40)26-7-9-28(10-8-26)45-20-29-21-46-34(47-29,22-39-13-12-37-23-39)30-11-2-24(35)18-31(30)36/h2-13,18,23,29H,14-17,19-22H2,1H3. The van der Waals surface area contributed by atoms with E-state index in [2.05, 4.69) is 26.9 Å². The molecule has 3 amide bonds. The molecule has 0 aliphatic carbocycles. The van der Waals surface area contributed by atoms with E-state index in [0.717, 1.165) is 53.9 Å². The molecule has 3 aliphatic rings. The molecule has 0 N–H and O–H groups in total. The zero-order valence-electron chi connectivity index (χ0n) is 25.8. The van der Waals surface area contributed by atoms with E-state index in [4.69, 9.17) is 37.4 Å². The number of imidazole rings is 1. The molecule has 0 saturated carbocycles. The second-order valence-corrected chi connectivity index (χ2v) is 12.6. The highest BCUT2D eigenvalue weighted by Gasteiger charge is 2.45. The van der Waals surface area contributed by atoms with E-state index in [1.165, 1.54) is 11.9 Å². The number of imide groups is 1. The number of benzene rings is 3. The maximum Gasteiger partial charge on any atom is 0.331 e. The number of anilines is 3. The topological polar surface area (TPSA) is 92.6 Å². The molecule has 47 heavy (non-hydrogen) atoms. The van der Waals surface area contributed by atoms with E-state index in [9.17, 15) is 9.59 Å². The molecule has 13 heteroatoms. The maximum absolute atomic E-state index is 12.3. The summed E-state index contributed by atoms with van der Waals surface area (Å²) in [4.78, 5) is 35.7. The van der Waals surface area contributed by atoms with Crippen molar-refractivity contribution < 1.29 is 23.8 Å². The van der Waals surface area contributed by atoms with Crippen LogP contribution < -0.4 is 19.4 Å². The number of ether oxygens (including phenoxy) is 3. The molecule has 3 fully saturated rings. The van der Waals surface area contributed by atoms with Gasteiger partial charge in [-0.05, 0) is 60.7 Å². The number of rotatable bonds is 9. The lowest BCUT2D eigenvalue weighted by atomic mass is 10.1. The van der Waals surface area contributed by atoms with Gasteiger partial charge >= 0.3 is 6.03 Å². The molecule has 0 radical (unpaired) electrons. The molecule has 3 saturated heterocycles. The summed E-state index contributed by atoms with van der Waals surface area (Å²) in [7, 11) is 1.51. The van der Waals surface area contributed by atoms with Crippen molar-refractivity contribution in [1.29, 1.82) is 0 Å². The van der Waals surface area contributed by atoms with Crippen LogP contribution in [0.4, 0.5) is 21.9 Å². The van der Waals surface area contributed by atoms with Gasteiger partial charge in [0.15, 0.2) is 0 Å². The van der Waals surface area contributed by atoms with Crippen molar-refractivity contribution in [2.45, 2.75) is 18.4 Å². The SMILES string of the molecule is CN1C(=O)CN(c2ccc(N3CCN(c4ccc(OCC5COC(Cn6ccnc6)(c6ccc(Cl)cc6Cl)O5)cc4)CC3)cc2)C1=O. The van der Waals surface area contributed by atoms with Crippen LogP contribution >= 0.6 is 23.2 Å². The second-order valence-electron chi connectivity index (χ2n) is 11.8. The first kappa shape index (κ1) is 31.3. The molecule has 0 spiro atoms. The Balaban J connectivity index is 0.923. The molecule has 244 valence electrons. The molecule has 3 aromatic carbocycles. The zero-order chi connectivity index (χ0) is 32.5. The number of carbonyl (C=O) groups excluding carboxylic acids is 2. The molecule has 0 bridgehead atoms. The number of aromatic nitrogens is 2. The maximum atomic E-state index is 12.3. The van der Waals surface area contributed by atoms with Gasteiger partial charge in [-0.3, -0.25) is 14.6 Å². The highest BCUT2D eigenvalue weighted by molar-refractivity contribution is 6.35. The van der Waals surface area contributed by atoms with Crippen LogP contribution in [0.1, 0.15) is 5.56 Å². The zero-order valence-corrected chi connectivity index (χ0v) is 27.3. The van der Waals surface area contributed by atoms with Crippen LogP contribution in [0, 0.1) is 0 Å². The Bertz CT molecular complexity index is 1730. The minimum absolute atomic E-state index is 0.0767. The average Bonchev–Trinajstić information content (AvgIpc) is 3.82. The third kappa shape index (κ3) is 6.48. The predicted molar refractivity (Wildman–Crippen MR) is 180 cm³/mol. The Morgan fingerprint density at radius 1 is 0.915 bits per heavy atom. The number of halogens is 2. The summed E-state index contributed by atoms with van der Waals surface area (Å²) >= 11 is 12.7. The summed E-state index contributed by atoms with van der Waals surface area (Å²) in [5.74, 6) is -0.552. The van der Waals surface area contributed by atoms with Gasteiger partial charge in [-0.25, -0.2) is 9.78 Å².